The van der Waals surface area contributed by atoms with Gasteiger partial charge in [-0.1, -0.05) is 25.0 Å². The van der Waals surface area contributed by atoms with Crippen LogP contribution in [0.15, 0.2) is 42.0 Å². The van der Waals surface area contributed by atoms with Crippen LogP contribution in [0, 0.1) is 13.8 Å². The second-order valence-corrected chi connectivity index (χ2v) is 8.56. The molecule has 1 atom stereocenters. The molecular formula is C26H29NO5. The lowest BCUT2D eigenvalue weighted by Gasteiger charge is -2.31. The summed E-state index contributed by atoms with van der Waals surface area (Å²) in [6.07, 6.45) is 3.76. The zero-order chi connectivity index (χ0) is 23.0. The van der Waals surface area contributed by atoms with Crippen LogP contribution in [0.1, 0.15) is 54.0 Å². The van der Waals surface area contributed by atoms with Crippen LogP contribution in [-0.4, -0.2) is 42.0 Å². The van der Waals surface area contributed by atoms with Gasteiger partial charge in [0.25, 0.3) is 11.7 Å². The minimum Gasteiger partial charge on any atom is -0.507 e. The summed E-state index contributed by atoms with van der Waals surface area (Å²) >= 11 is 0. The Kier molecular flexibility index (Phi) is 5.96. The highest BCUT2D eigenvalue weighted by atomic mass is 16.5. The Balaban J connectivity index is 1.92. The zero-order valence-electron chi connectivity index (χ0n) is 19.0. The maximum atomic E-state index is 13.3. The Morgan fingerprint density at radius 2 is 1.72 bits per heavy atom. The fourth-order valence-electron chi connectivity index (χ4n) is 4.96. The number of amides is 1. The smallest absolute Gasteiger partial charge is 0.295 e. The molecule has 6 nitrogen and oxygen atoms in total. The molecule has 1 amide bonds. The number of aryl methyl sites for hydroxylation is 2. The predicted octanol–water partition coefficient (Wildman–Crippen LogP) is 4.68. The highest BCUT2D eigenvalue weighted by Gasteiger charge is 2.49. The molecular weight excluding hydrogens is 406 g/mol. The minimum atomic E-state index is -0.657. The molecule has 1 saturated carbocycles. The van der Waals surface area contributed by atoms with E-state index in [0.717, 1.165) is 42.4 Å². The largest absolute Gasteiger partial charge is 0.507 e. The molecule has 1 N–H and O–H groups in total. The number of benzene rings is 2. The fourth-order valence-corrected chi connectivity index (χ4v) is 4.96. The fraction of sp³-hybridized carbons (Fsp3) is 0.385. The lowest BCUT2D eigenvalue weighted by atomic mass is 9.92. The van der Waals surface area contributed by atoms with Crippen LogP contribution < -0.4 is 9.47 Å². The van der Waals surface area contributed by atoms with Crippen LogP contribution in [-0.2, 0) is 9.59 Å². The monoisotopic (exact) mass is 435 g/mol. The third kappa shape index (κ3) is 3.64. The molecule has 0 aromatic heterocycles. The van der Waals surface area contributed by atoms with Crippen LogP contribution in [0.2, 0.25) is 0 Å². The number of carbonyl (C=O) groups excluding carboxylic acids is 2. The standard InChI is InChI=1S/C26H29NO5/c1-15-13-21(32-4)16(2)12-20(15)24(28)22-23(17-8-7-11-19(14-17)31-3)27(26(30)25(22)29)18-9-5-6-10-18/h7-8,11-14,18,23,28H,5-6,9-10H2,1-4H3/b24-22+. The van der Waals surface area contributed by atoms with Crippen molar-refractivity contribution in [1.82, 2.24) is 4.90 Å². The van der Waals surface area contributed by atoms with Gasteiger partial charge in [-0.15, -0.1) is 0 Å². The molecule has 0 bridgehead atoms. The lowest BCUT2D eigenvalue weighted by molar-refractivity contribution is -0.141. The number of hydrogen-bond acceptors (Lipinski definition) is 5. The summed E-state index contributed by atoms with van der Waals surface area (Å²) in [4.78, 5) is 28.2. The number of ether oxygens (including phenoxy) is 2. The van der Waals surface area contributed by atoms with Gasteiger partial charge < -0.3 is 19.5 Å². The first-order valence-corrected chi connectivity index (χ1v) is 11.0. The van der Waals surface area contributed by atoms with Crippen molar-refractivity contribution >= 4 is 17.4 Å². The first-order chi connectivity index (χ1) is 15.4. The van der Waals surface area contributed by atoms with E-state index in [-0.39, 0.29) is 17.4 Å². The van der Waals surface area contributed by atoms with Crippen LogP contribution in [0.4, 0.5) is 0 Å². The SMILES string of the molecule is COc1cccc(C2/C(=C(\O)c3cc(C)c(OC)cc3C)C(=O)C(=O)N2C2CCCC2)c1. The average Bonchev–Trinajstić information content (AvgIpc) is 3.41. The van der Waals surface area contributed by atoms with Gasteiger partial charge in [0.05, 0.1) is 25.8 Å². The normalized spacial score (nSPS) is 20.8. The minimum absolute atomic E-state index is 0.0216. The number of likely N-dealkylation sites (tertiary alicyclic amines) is 1. The summed E-state index contributed by atoms with van der Waals surface area (Å²) in [6.45, 7) is 3.73. The van der Waals surface area contributed by atoms with Crippen molar-refractivity contribution in [2.24, 2.45) is 0 Å². The molecule has 2 fully saturated rings. The summed E-state index contributed by atoms with van der Waals surface area (Å²) in [5.74, 6) is -0.00467. The van der Waals surface area contributed by atoms with Crippen molar-refractivity contribution in [3.05, 3.63) is 64.2 Å². The van der Waals surface area contributed by atoms with Crippen LogP contribution in [0.5, 0.6) is 11.5 Å². The number of hydrogen-bond donors (Lipinski definition) is 1. The molecule has 0 spiro atoms. The number of nitrogens with zero attached hydrogens (tertiary/aromatic N) is 1. The van der Waals surface area contributed by atoms with E-state index < -0.39 is 17.7 Å². The van der Waals surface area contributed by atoms with Gasteiger partial charge >= 0.3 is 0 Å². The van der Waals surface area contributed by atoms with Crippen LogP contribution in [0.3, 0.4) is 0 Å². The Morgan fingerprint density at radius 1 is 1.00 bits per heavy atom. The van der Waals surface area contributed by atoms with Crippen molar-refractivity contribution in [2.45, 2.75) is 51.6 Å². The third-order valence-corrected chi connectivity index (χ3v) is 6.60. The summed E-state index contributed by atoms with van der Waals surface area (Å²) in [6, 6.07) is 10.3. The molecule has 1 aliphatic carbocycles. The molecule has 1 aliphatic heterocycles. The van der Waals surface area contributed by atoms with Gasteiger partial charge in [-0.25, -0.2) is 0 Å². The zero-order valence-corrected chi connectivity index (χ0v) is 19.0. The first kappa shape index (κ1) is 21.9. The number of aliphatic hydroxyl groups is 1. The Morgan fingerprint density at radius 3 is 2.38 bits per heavy atom. The van der Waals surface area contributed by atoms with Gasteiger partial charge in [0.15, 0.2) is 0 Å². The predicted molar refractivity (Wildman–Crippen MR) is 122 cm³/mol. The van der Waals surface area contributed by atoms with Gasteiger partial charge in [-0.2, -0.15) is 0 Å². The van der Waals surface area contributed by atoms with E-state index in [2.05, 4.69) is 0 Å². The average molecular weight is 436 g/mol. The molecule has 2 aromatic carbocycles. The number of aliphatic hydroxyl groups excluding tert-OH is 1. The second kappa shape index (κ2) is 8.69. The van der Waals surface area contributed by atoms with Crippen molar-refractivity contribution in [3.63, 3.8) is 0 Å². The Bertz CT molecular complexity index is 1100. The number of methoxy groups -OCH3 is 2. The highest BCUT2D eigenvalue weighted by molar-refractivity contribution is 6.46. The maximum Gasteiger partial charge on any atom is 0.295 e. The van der Waals surface area contributed by atoms with Crippen molar-refractivity contribution in [1.29, 1.82) is 0 Å². The molecule has 1 saturated heterocycles. The van der Waals surface area contributed by atoms with Crippen LogP contribution in [0.25, 0.3) is 5.76 Å². The number of ketones is 1. The molecule has 4 rings (SSSR count). The molecule has 6 heteroatoms. The van der Waals surface area contributed by atoms with E-state index in [9.17, 15) is 14.7 Å². The molecule has 1 unspecified atom stereocenters. The quantitative estimate of drug-likeness (QED) is 0.419. The van der Waals surface area contributed by atoms with E-state index in [4.69, 9.17) is 9.47 Å². The molecule has 2 aliphatic rings. The van der Waals surface area contributed by atoms with Crippen molar-refractivity contribution in [3.8, 4) is 11.5 Å². The molecule has 32 heavy (non-hydrogen) atoms. The van der Waals surface area contributed by atoms with Gasteiger partial charge in [0.1, 0.15) is 17.3 Å². The summed E-state index contributed by atoms with van der Waals surface area (Å²) in [7, 11) is 3.17. The van der Waals surface area contributed by atoms with E-state index in [1.165, 1.54) is 0 Å². The van der Waals surface area contributed by atoms with E-state index in [1.807, 2.05) is 44.2 Å². The molecule has 1 heterocycles. The van der Waals surface area contributed by atoms with Gasteiger partial charge in [0.2, 0.25) is 0 Å². The van der Waals surface area contributed by atoms with E-state index >= 15 is 0 Å². The summed E-state index contributed by atoms with van der Waals surface area (Å²) in [5, 5.41) is 11.4. The Labute approximate surface area is 188 Å². The van der Waals surface area contributed by atoms with Crippen LogP contribution >= 0.6 is 0 Å². The molecule has 168 valence electrons. The van der Waals surface area contributed by atoms with Gasteiger partial charge in [0, 0.05) is 11.6 Å². The Hall–Kier alpha value is -3.28. The molecule has 2 aromatic rings. The van der Waals surface area contributed by atoms with Crippen molar-refractivity contribution in [2.75, 3.05) is 14.2 Å². The van der Waals surface area contributed by atoms with E-state index in [1.54, 1.807) is 25.2 Å². The summed E-state index contributed by atoms with van der Waals surface area (Å²) < 4.78 is 10.8. The second-order valence-electron chi connectivity index (χ2n) is 8.56. The molecule has 0 radical (unpaired) electrons. The van der Waals surface area contributed by atoms with E-state index in [0.29, 0.717) is 17.1 Å². The third-order valence-electron chi connectivity index (χ3n) is 6.60. The summed E-state index contributed by atoms with van der Waals surface area (Å²) in [5.41, 5.74) is 3.01. The highest BCUT2D eigenvalue weighted by Crippen LogP contribution is 2.44. The van der Waals surface area contributed by atoms with Gasteiger partial charge in [-0.05, 0) is 67.6 Å². The lowest BCUT2D eigenvalue weighted by Crippen LogP contribution is -2.37. The maximum absolute atomic E-state index is 13.3. The number of carbonyl (C=O) groups is 2. The topological polar surface area (TPSA) is 76.1 Å². The number of rotatable bonds is 5. The van der Waals surface area contributed by atoms with Gasteiger partial charge in [-0.3, -0.25) is 9.59 Å². The first-order valence-electron chi connectivity index (χ1n) is 11.0. The van der Waals surface area contributed by atoms with Crippen molar-refractivity contribution < 1.29 is 24.2 Å². The number of Topliss-reactive ketones (excluding diaryl/α,β-unsaturated/α-hetero) is 1.